The van der Waals surface area contributed by atoms with Gasteiger partial charge in [0.15, 0.2) is 0 Å². The summed E-state index contributed by atoms with van der Waals surface area (Å²) in [5, 5.41) is 6.74. The minimum absolute atomic E-state index is 0.00649. The summed E-state index contributed by atoms with van der Waals surface area (Å²) in [4.78, 5) is 23.2. The summed E-state index contributed by atoms with van der Waals surface area (Å²) in [7, 11) is 3.86. The van der Waals surface area contributed by atoms with Crippen molar-refractivity contribution in [2.24, 2.45) is 0 Å². The summed E-state index contributed by atoms with van der Waals surface area (Å²) in [6, 6.07) is 7.93. The normalized spacial score (nSPS) is 14.0. The van der Waals surface area contributed by atoms with E-state index in [2.05, 4.69) is 20.6 Å². The van der Waals surface area contributed by atoms with Crippen LogP contribution in [0, 0.1) is 5.82 Å². The Morgan fingerprint density at radius 2 is 2.09 bits per heavy atom. The number of amides is 1. The summed E-state index contributed by atoms with van der Waals surface area (Å²) in [6.45, 7) is 0.651. The zero-order chi connectivity index (χ0) is 23.4. The molecule has 2 N–H and O–H groups in total. The quantitative estimate of drug-likeness (QED) is 0.444. The highest BCUT2D eigenvalue weighted by Gasteiger charge is 2.22. The molecule has 4 rings (SSSR count). The van der Waals surface area contributed by atoms with Crippen LogP contribution in [0.25, 0.3) is 10.9 Å². The van der Waals surface area contributed by atoms with Crippen LogP contribution in [0.5, 0.6) is 5.75 Å². The highest BCUT2D eigenvalue weighted by molar-refractivity contribution is 6.31. The van der Waals surface area contributed by atoms with E-state index in [9.17, 15) is 9.18 Å². The van der Waals surface area contributed by atoms with Crippen molar-refractivity contribution in [2.75, 3.05) is 31.3 Å². The zero-order valence-electron chi connectivity index (χ0n) is 18.4. The predicted octanol–water partition coefficient (Wildman–Crippen LogP) is 5.15. The van der Waals surface area contributed by atoms with Crippen LogP contribution in [0.4, 0.5) is 21.6 Å². The number of anilines is 3. The number of halogens is 2. The van der Waals surface area contributed by atoms with Crippen LogP contribution in [0.3, 0.4) is 0 Å². The number of likely N-dealkylation sites (N-methyl/N-ethyl adjacent to an activating group) is 1. The molecule has 1 fully saturated rings. The van der Waals surface area contributed by atoms with Crippen molar-refractivity contribution < 1.29 is 13.9 Å². The molecule has 0 bridgehead atoms. The fourth-order valence-electron chi connectivity index (χ4n) is 3.30. The average molecular weight is 470 g/mol. The average Bonchev–Trinajstić information content (AvgIpc) is 2.73. The second-order valence-corrected chi connectivity index (χ2v) is 8.57. The lowest BCUT2D eigenvalue weighted by atomic mass is 9.96. The molecule has 0 radical (unpaired) electrons. The van der Waals surface area contributed by atoms with E-state index in [-0.39, 0.29) is 17.0 Å². The van der Waals surface area contributed by atoms with Crippen molar-refractivity contribution in [1.82, 2.24) is 14.9 Å². The summed E-state index contributed by atoms with van der Waals surface area (Å²) in [5.74, 6) is 0.304. The van der Waals surface area contributed by atoms with Gasteiger partial charge in [0.1, 0.15) is 23.7 Å². The zero-order valence-corrected chi connectivity index (χ0v) is 19.2. The second-order valence-electron chi connectivity index (χ2n) is 8.17. The first-order valence-electron chi connectivity index (χ1n) is 10.7. The van der Waals surface area contributed by atoms with E-state index in [0.29, 0.717) is 40.4 Å². The van der Waals surface area contributed by atoms with Gasteiger partial charge in [-0.2, -0.15) is 0 Å². The molecule has 1 heterocycles. The Labute approximate surface area is 196 Å². The summed E-state index contributed by atoms with van der Waals surface area (Å²) in [6.07, 6.45) is 7.94. The number of aromatic nitrogens is 2. The molecule has 1 aliphatic rings. The minimum atomic E-state index is -0.500. The van der Waals surface area contributed by atoms with E-state index in [0.717, 1.165) is 19.3 Å². The Kier molecular flexibility index (Phi) is 7.05. The molecule has 1 aliphatic carbocycles. The molecule has 0 saturated heterocycles. The van der Waals surface area contributed by atoms with Gasteiger partial charge in [-0.3, -0.25) is 4.79 Å². The summed E-state index contributed by atoms with van der Waals surface area (Å²) < 4.78 is 19.7. The third-order valence-corrected chi connectivity index (χ3v) is 5.55. The van der Waals surface area contributed by atoms with E-state index >= 15 is 0 Å². The lowest BCUT2D eigenvalue weighted by molar-refractivity contribution is -0.111. The van der Waals surface area contributed by atoms with Gasteiger partial charge in [0.2, 0.25) is 5.91 Å². The maximum Gasteiger partial charge on any atom is 0.248 e. The van der Waals surface area contributed by atoms with Gasteiger partial charge >= 0.3 is 0 Å². The van der Waals surface area contributed by atoms with Crippen LogP contribution in [0.1, 0.15) is 19.3 Å². The summed E-state index contributed by atoms with van der Waals surface area (Å²) in [5.41, 5.74) is 1.76. The number of rotatable bonds is 8. The third-order valence-electron chi connectivity index (χ3n) is 5.26. The van der Waals surface area contributed by atoms with Crippen LogP contribution < -0.4 is 15.4 Å². The fraction of sp³-hybridized carbons (Fsp3) is 0.292. The Morgan fingerprint density at radius 3 is 2.79 bits per heavy atom. The third kappa shape index (κ3) is 5.77. The molecule has 2 aromatic carbocycles. The van der Waals surface area contributed by atoms with E-state index in [1.165, 1.54) is 24.5 Å². The van der Waals surface area contributed by atoms with Crippen LogP contribution in [0.2, 0.25) is 5.02 Å². The standard InChI is InChI=1S/C24H25ClFN5O2/c1-31(2)10-4-7-23(32)30-21-12-17-20(13-22(21)33-16-5-3-6-16)27-14-28-24(17)29-15-8-9-19(26)18(25)11-15/h4,7-9,11-14,16H,3,5-6,10H2,1-2H3,(H,30,32)(H,27,28,29)/b7-4+. The number of hydrogen-bond donors (Lipinski definition) is 2. The van der Waals surface area contributed by atoms with Crippen LogP contribution in [-0.4, -0.2) is 47.5 Å². The van der Waals surface area contributed by atoms with Gasteiger partial charge in [0.25, 0.3) is 0 Å². The Hall–Kier alpha value is -3.23. The highest BCUT2D eigenvalue weighted by atomic mass is 35.5. The monoisotopic (exact) mass is 469 g/mol. The van der Waals surface area contributed by atoms with Gasteiger partial charge in [-0.15, -0.1) is 0 Å². The molecule has 1 saturated carbocycles. The van der Waals surface area contributed by atoms with E-state index in [1.54, 1.807) is 24.3 Å². The molecule has 0 atom stereocenters. The molecule has 0 aliphatic heterocycles. The molecule has 0 spiro atoms. The van der Waals surface area contributed by atoms with Crippen molar-refractivity contribution in [3.8, 4) is 5.75 Å². The Bertz CT molecular complexity index is 1200. The second kappa shape index (κ2) is 10.1. The molecule has 33 heavy (non-hydrogen) atoms. The van der Waals surface area contributed by atoms with Crippen molar-refractivity contribution in [3.63, 3.8) is 0 Å². The number of ether oxygens (including phenoxy) is 1. The van der Waals surface area contributed by atoms with Crippen molar-refractivity contribution in [1.29, 1.82) is 0 Å². The lowest BCUT2D eigenvalue weighted by Crippen LogP contribution is -2.25. The SMILES string of the molecule is CN(C)C/C=C/C(=O)Nc1cc2c(Nc3ccc(F)c(Cl)c3)ncnc2cc1OC1CCC1. The van der Waals surface area contributed by atoms with E-state index in [4.69, 9.17) is 16.3 Å². The topological polar surface area (TPSA) is 79.4 Å². The first-order chi connectivity index (χ1) is 15.9. The number of fused-ring (bicyclic) bond motifs is 1. The lowest BCUT2D eigenvalue weighted by Gasteiger charge is -2.27. The first kappa shape index (κ1) is 22.9. The van der Waals surface area contributed by atoms with Crippen LogP contribution >= 0.6 is 11.6 Å². The Balaban J connectivity index is 1.67. The maximum absolute atomic E-state index is 13.5. The molecule has 0 unspecified atom stereocenters. The maximum atomic E-state index is 13.5. The van der Waals surface area contributed by atoms with Crippen LogP contribution in [0.15, 0.2) is 48.8 Å². The number of hydrogen-bond acceptors (Lipinski definition) is 6. The van der Waals surface area contributed by atoms with Gasteiger partial charge in [0.05, 0.1) is 22.3 Å². The number of nitrogens with one attached hydrogen (secondary N) is 2. The minimum Gasteiger partial charge on any atom is -0.488 e. The molecule has 3 aromatic rings. The molecule has 7 nitrogen and oxygen atoms in total. The summed E-state index contributed by atoms with van der Waals surface area (Å²) >= 11 is 5.91. The molecule has 1 aromatic heterocycles. The number of carbonyl (C=O) groups excluding carboxylic acids is 1. The van der Waals surface area contributed by atoms with Crippen molar-refractivity contribution >= 4 is 45.6 Å². The van der Waals surface area contributed by atoms with Crippen molar-refractivity contribution in [2.45, 2.75) is 25.4 Å². The predicted molar refractivity (Wildman–Crippen MR) is 129 cm³/mol. The van der Waals surface area contributed by atoms with Gasteiger partial charge in [0, 0.05) is 29.8 Å². The number of nitrogens with zero attached hydrogens (tertiary/aromatic N) is 3. The first-order valence-corrected chi connectivity index (χ1v) is 11.1. The largest absolute Gasteiger partial charge is 0.488 e. The molecule has 172 valence electrons. The molecular formula is C24H25ClFN5O2. The smallest absolute Gasteiger partial charge is 0.248 e. The van der Waals surface area contributed by atoms with Crippen LogP contribution in [-0.2, 0) is 4.79 Å². The number of carbonyl (C=O) groups is 1. The Morgan fingerprint density at radius 1 is 1.27 bits per heavy atom. The van der Waals surface area contributed by atoms with E-state index < -0.39 is 5.82 Å². The highest BCUT2D eigenvalue weighted by Crippen LogP contribution is 2.36. The fourth-order valence-corrected chi connectivity index (χ4v) is 3.48. The van der Waals surface area contributed by atoms with Gasteiger partial charge < -0.3 is 20.3 Å². The van der Waals surface area contributed by atoms with Crippen molar-refractivity contribution in [3.05, 3.63) is 59.7 Å². The molecular weight excluding hydrogens is 445 g/mol. The van der Waals surface area contributed by atoms with Gasteiger partial charge in [-0.25, -0.2) is 14.4 Å². The van der Waals surface area contributed by atoms with E-state index in [1.807, 2.05) is 19.0 Å². The van der Waals surface area contributed by atoms with Gasteiger partial charge in [-0.1, -0.05) is 17.7 Å². The number of benzene rings is 2. The molecule has 9 heteroatoms. The molecule has 1 amide bonds. The van der Waals surface area contributed by atoms with Gasteiger partial charge in [-0.05, 0) is 57.6 Å².